The quantitative estimate of drug-likeness (QED) is 0.721. The van der Waals surface area contributed by atoms with Crippen LogP contribution < -0.4 is 19.5 Å². The van der Waals surface area contributed by atoms with Crippen LogP contribution in [0.1, 0.15) is 22.8 Å². The third kappa shape index (κ3) is 2.73. The smallest absolute Gasteiger partial charge is 0.231 e. The number of benzene rings is 2. The van der Waals surface area contributed by atoms with Crippen molar-refractivity contribution < 1.29 is 19.0 Å². The van der Waals surface area contributed by atoms with E-state index in [9.17, 15) is 4.79 Å². The molecule has 1 unspecified atom stereocenters. The molecule has 0 aliphatic carbocycles. The van der Waals surface area contributed by atoms with Crippen LogP contribution in [0.3, 0.4) is 0 Å². The maximum atomic E-state index is 12.4. The first-order valence-corrected chi connectivity index (χ1v) is 9.56. The van der Waals surface area contributed by atoms with Crippen LogP contribution in [-0.4, -0.2) is 19.8 Å². The molecular formula is C21H17NO4S. The molecule has 2 aliphatic heterocycles. The maximum absolute atomic E-state index is 12.4. The van der Waals surface area contributed by atoms with E-state index in [2.05, 4.69) is 10.7 Å². The molecule has 0 radical (unpaired) electrons. The number of anilines is 1. The third-order valence-electron chi connectivity index (χ3n) is 4.99. The Balaban J connectivity index is 1.56. The van der Waals surface area contributed by atoms with E-state index in [-0.39, 0.29) is 18.6 Å². The van der Waals surface area contributed by atoms with Crippen LogP contribution in [0.4, 0.5) is 5.69 Å². The fourth-order valence-corrected chi connectivity index (χ4v) is 4.77. The van der Waals surface area contributed by atoms with Gasteiger partial charge >= 0.3 is 0 Å². The summed E-state index contributed by atoms with van der Waals surface area (Å²) in [5.41, 5.74) is 4.07. The fourth-order valence-electron chi connectivity index (χ4n) is 3.61. The van der Waals surface area contributed by atoms with Crippen LogP contribution in [0.2, 0.25) is 0 Å². The molecule has 1 aromatic heterocycles. The molecule has 0 saturated carbocycles. The number of carbonyl (C=O) groups is 1. The van der Waals surface area contributed by atoms with Gasteiger partial charge in [0.25, 0.3) is 0 Å². The van der Waals surface area contributed by atoms with Crippen molar-refractivity contribution >= 4 is 22.9 Å². The molecule has 0 spiro atoms. The Morgan fingerprint density at radius 2 is 1.93 bits per heavy atom. The van der Waals surface area contributed by atoms with Gasteiger partial charge in [-0.15, -0.1) is 11.3 Å². The van der Waals surface area contributed by atoms with E-state index in [0.717, 1.165) is 39.6 Å². The molecule has 2 aromatic carbocycles. The van der Waals surface area contributed by atoms with E-state index in [1.54, 1.807) is 18.4 Å². The molecule has 136 valence electrons. The number of hydrogen-bond acceptors (Lipinski definition) is 5. The van der Waals surface area contributed by atoms with Crippen molar-refractivity contribution in [2.75, 3.05) is 19.2 Å². The summed E-state index contributed by atoms with van der Waals surface area (Å²) in [6.45, 7) is 0.246. The van der Waals surface area contributed by atoms with E-state index < -0.39 is 0 Å². The number of thiophene rings is 1. The monoisotopic (exact) mass is 379 g/mol. The lowest BCUT2D eigenvalue weighted by molar-refractivity contribution is -0.116. The molecule has 1 N–H and O–H groups in total. The second kappa shape index (κ2) is 6.32. The molecule has 1 amide bonds. The second-order valence-electron chi connectivity index (χ2n) is 6.53. The first kappa shape index (κ1) is 16.2. The largest absolute Gasteiger partial charge is 0.497 e. The molecule has 0 fully saturated rings. The number of ether oxygens (including phenoxy) is 3. The van der Waals surface area contributed by atoms with Crippen molar-refractivity contribution in [1.29, 1.82) is 0 Å². The average molecular weight is 379 g/mol. The summed E-state index contributed by atoms with van der Waals surface area (Å²) < 4.78 is 16.2. The number of carbonyl (C=O) groups excluding carboxylic acids is 1. The molecular weight excluding hydrogens is 362 g/mol. The van der Waals surface area contributed by atoms with E-state index in [4.69, 9.17) is 14.2 Å². The minimum absolute atomic E-state index is 0.0141. The molecule has 1 atom stereocenters. The van der Waals surface area contributed by atoms with Gasteiger partial charge in [0.2, 0.25) is 12.7 Å². The number of amides is 1. The molecule has 27 heavy (non-hydrogen) atoms. The second-order valence-corrected chi connectivity index (χ2v) is 7.45. The first-order valence-electron chi connectivity index (χ1n) is 8.68. The van der Waals surface area contributed by atoms with Crippen molar-refractivity contribution in [3.63, 3.8) is 0 Å². The molecule has 5 rings (SSSR count). The summed E-state index contributed by atoms with van der Waals surface area (Å²) in [4.78, 5) is 13.6. The van der Waals surface area contributed by atoms with Crippen molar-refractivity contribution in [3.8, 4) is 28.4 Å². The third-order valence-corrected chi connectivity index (χ3v) is 6.09. The Bertz CT molecular complexity index is 1030. The van der Waals surface area contributed by atoms with E-state index in [0.29, 0.717) is 6.42 Å². The highest BCUT2D eigenvalue weighted by atomic mass is 32.1. The molecule has 2 aliphatic rings. The zero-order chi connectivity index (χ0) is 18.4. The van der Waals surface area contributed by atoms with E-state index >= 15 is 0 Å². The maximum Gasteiger partial charge on any atom is 0.231 e. The minimum Gasteiger partial charge on any atom is -0.497 e. The molecule has 0 bridgehead atoms. The summed E-state index contributed by atoms with van der Waals surface area (Å²) in [7, 11) is 1.65. The highest BCUT2D eigenvalue weighted by Gasteiger charge is 2.31. The van der Waals surface area contributed by atoms with Gasteiger partial charge in [0.1, 0.15) is 5.75 Å². The number of hydrogen-bond donors (Lipinski definition) is 1. The van der Waals surface area contributed by atoms with Crippen LogP contribution in [0.5, 0.6) is 17.2 Å². The van der Waals surface area contributed by atoms with Gasteiger partial charge < -0.3 is 19.5 Å². The standard InChI is InChI=1S/C21H17NO4S/c1-24-14-5-2-12(3-6-14)16-10-27-21-15(9-19(23)22-20(16)21)13-4-7-17-18(8-13)26-11-25-17/h2-8,10,15H,9,11H2,1H3,(H,22,23). The fraction of sp³-hybridized carbons (Fsp3) is 0.190. The van der Waals surface area contributed by atoms with Crippen molar-refractivity contribution in [3.05, 3.63) is 58.3 Å². The number of rotatable bonds is 3. The summed E-state index contributed by atoms with van der Waals surface area (Å²) >= 11 is 1.68. The SMILES string of the molecule is COc1ccc(-c2csc3c2NC(=O)CC3c2ccc3c(c2)OCO3)cc1. The van der Waals surface area contributed by atoms with Crippen LogP contribution in [0.25, 0.3) is 11.1 Å². The van der Waals surface area contributed by atoms with Crippen LogP contribution in [0, 0.1) is 0 Å². The van der Waals surface area contributed by atoms with Crippen LogP contribution in [-0.2, 0) is 4.79 Å². The van der Waals surface area contributed by atoms with Gasteiger partial charge in [0.15, 0.2) is 11.5 Å². The Hall–Kier alpha value is -2.99. The number of methoxy groups -OCH3 is 1. The van der Waals surface area contributed by atoms with E-state index in [1.807, 2.05) is 42.5 Å². The van der Waals surface area contributed by atoms with Gasteiger partial charge in [-0.25, -0.2) is 0 Å². The van der Waals surface area contributed by atoms with Gasteiger partial charge in [-0.2, -0.15) is 0 Å². The Morgan fingerprint density at radius 1 is 1.11 bits per heavy atom. The lowest BCUT2D eigenvalue weighted by Gasteiger charge is -2.24. The molecule has 5 nitrogen and oxygen atoms in total. The molecule has 6 heteroatoms. The summed E-state index contributed by atoms with van der Waals surface area (Å²) in [6, 6.07) is 13.8. The van der Waals surface area contributed by atoms with Gasteiger partial charge in [-0.1, -0.05) is 18.2 Å². The number of nitrogens with one attached hydrogen (secondary N) is 1. The normalized spacial score (nSPS) is 17.4. The Morgan fingerprint density at radius 3 is 2.74 bits per heavy atom. The molecule has 0 saturated heterocycles. The summed E-state index contributed by atoms with van der Waals surface area (Å²) in [6.07, 6.45) is 0.426. The van der Waals surface area contributed by atoms with Gasteiger partial charge in [0.05, 0.1) is 12.8 Å². The van der Waals surface area contributed by atoms with Gasteiger partial charge in [0, 0.05) is 28.2 Å². The van der Waals surface area contributed by atoms with Gasteiger partial charge in [-0.3, -0.25) is 4.79 Å². The van der Waals surface area contributed by atoms with Crippen molar-refractivity contribution in [2.24, 2.45) is 0 Å². The number of fused-ring (bicyclic) bond motifs is 2. The topological polar surface area (TPSA) is 56.8 Å². The van der Waals surface area contributed by atoms with Crippen LogP contribution in [0.15, 0.2) is 47.8 Å². The predicted molar refractivity (Wildman–Crippen MR) is 104 cm³/mol. The Labute approximate surface area is 160 Å². The van der Waals surface area contributed by atoms with Crippen molar-refractivity contribution in [1.82, 2.24) is 0 Å². The zero-order valence-electron chi connectivity index (χ0n) is 14.7. The predicted octanol–water partition coefficient (Wildman–Crippen LogP) is 4.63. The van der Waals surface area contributed by atoms with Crippen LogP contribution >= 0.6 is 11.3 Å². The lowest BCUT2D eigenvalue weighted by Crippen LogP contribution is -2.22. The van der Waals surface area contributed by atoms with Crippen molar-refractivity contribution in [2.45, 2.75) is 12.3 Å². The first-order chi connectivity index (χ1) is 13.2. The van der Waals surface area contributed by atoms with Gasteiger partial charge in [-0.05, 0) is 35.4 Å². The minimum atomic E-state index is 0.0141. The highest BCUT2D eigenvalue weighted by molar-refractivity contribution is 7.11. The molecule has 3 heterocycles. The highest BCUT2D eigenvalue weighted by Crippen LogP contribution is 2.48. The summed E-state index contributed by atoms with van der Waals surface area (Å²) in [5, 5.41) is 5.18. The average Bonchev–Trinajstić information content (AvgIpc) is 3.33. The Kier molecular flexibility index (Phi) is 3.79. The van der Waals surface area contributed by atoms with E-state index in [1.165, 1.54) is 4.88 Å². The zero-order valence-corrected chi connectivity index (χ0v) is 15.5. The molecule has 3 aromatic rings. The lowest BCUT2D eigenvalue weighted by atomic mass is 9.89. The summed E-state index contributed by atoms with van der Waals surface area (Å²) in [5.74, 6) is 2.35.